The molecule has 98 valence electrons. The molecule has 1 atom stereocenters. The maximum atomic E-state index is 11.5. The molecule has 18 heavy (non-hydrogen) atoms. The number of carbonyl (C=O) groups excluding carboxylic acids is 2. The first-order valence-corrected chi connectivity index (χ1v) is 5.84. The number of amides is 2. The number of carbonyl (C=O) groups is 2. The maximum absolute atomic E-state index is 11.5. The summed E-state index contributed by atoms with van der Waals surface area (Å²) < 4.78 is 5.06. The Balaban J connectivity index is 1.83. The molecule has 0 bridgehead atoms. The van der Waals surface area contributed by atoms with E-state index in [2.05, 4.69) is 10.6 Å². The van der Waals surface area contributed by atoms with Gasteiger partial charge in [0.1, 0.15) is 11.4 Å². The molecule has 1 aliphatic rings. The van der Waals surface area contributed by atoms with Gasteiger partial charge in [0.25, 0.3) is 0 Å². The minimum absolute atomic E-state index is 0.0859. The molecule has 1 fully saturated rings. The van der Waals surface area contributed by atoms with E-state index in [9.17, 15) is 14.7 Å². The van der Waals surface area contributed by atoms with Crippen molar-refractivity contribution in [1.82, 2.24) is 10.6 Å². The van der Waals surface area contributed by atoms with Gasteiger partial charge in [0.15, 0.2) is 0 Å². The van der Waals surface area contributed by atoms with Gasteiger partial charge in [-0.15, -0.1) is 0 Å². The Morgan fingerprint density at radius 1 is 1.50 bits per heavy atom. The zero-order valence-corrected chi connectivity index (χ0v) is 10.1. The fourth-order valence-corrected chi connectivity index (χ4v) is 1.48. The van der Waals surface area contributed by atoms with Gasteiger partial charge in [0, 0.05) is 6.04 Å². The van der Waals surface area contributed by atoms with Gasteiger partial charge in [0.2, 0.25) is 0 Å². The lowest BCUT2D eigenvalue weighted by atomic mass is 10.0. The first-order valence-electron chi connectivity index (χ1n) is 5.84. The number of hydrogen-bond acceptors (Lipinski definition) is 4. The van der Waals surface area contributed by atoms with E-state index in [1.165, 1.54) is 13.2 Å². The second-order valence-electron chi connectivity index (χ2n) is 4.68. The first kappa shape index (κ1) is 12.6. The van der Waals surface area contributed by atoms with Gasteiger partial charge in [-0.2, -0.15) is 0 Å². The highest BCUT2D eigenvalue weighted by atomic mass is 16.4. The molecule has 1 unspecified atom stereocenters. The predicted molar refractivity (Wildman–Crippen MR) is 62.5 cm³/mol. The Morgan fingerprint density at radius 3 is 2.78 bits per heavy atom. The molecule has 6 heteroatoms. The average molecular weight is 252 g/mol. The Bertz CT molecular complexity index is 435. The van der Waals surface area contributed by atoms with E-state index in [-0.39, 0.29) is 12.6 Å². The third-order valence-corrected chi connectivity index (χ3v) is 2.76. The number of furan rings is 1. The van der Waals surface area contributed by atoms with Crippen molar-refractivity contribution in [3.8, 4) is 0 Å². The molecular formula is C12H16N2O4. The minimum Gasteiger partial charge on any atom is -0.466 e. The van der Waals surface area contributed by atoms with Crippen LogP contribution in [0.4, 0.5) is 0 Å². The molecule has 0 radical (unpaired) electrons. The molecule has 0 aliphatic heterocycles. The highest BCUT2D eigenvalue weighted by Crippen LogP contribution is 2.20. The van der Waals surface area contributed by atoms with E-state index in [1.54, 1.807) is 12.1 Å². The maximum Gasteiger partial charge on any atom is 0.309 e. The average Bonchev–Trinajstić information content (AvgIpc) is 2.96. The minimum atomic E-state index is -1.33. The fraction of sp³-hybridized carbons (Fsp3) is 0.500. The second-order valence-corrected chi connectivity index (χ2v) is 4.68. The van der Waals surface area contributed by atoms with Crippen molar-refractivity contribution in [2.45, 2.75) is 31.4 Å². The third-order valence-electron chi connectivity index (χ3n) is 2.76. The Hall–Kier alpha value is -1.82. The molecule has 1 aliphatic carbocycles. The van der Waals surface area contributed by atoms with Gasteiger partial charge in [-0.05, 0) is 31.9 Å². The summed E-state index contributed by atoms with van der Waals surface area (Å²) in [5, 5.41) is 15.0. The lowest BCUT2D eigenvalue weighted by Crippen LogP contribution is -2.45. The Morgan fingerprint density at radius 2 is 2.22 bits per heavy atom. The molecule has 0 saturated heterocycles. The normalized spacial score (nSPS) is 17.9. The summed E-state index contributed by atoms with van der Waals surface area (Å²) in [4.78, 5) is 22.8. The monoisotopic (exact) mass is 252 g/mol. The number of rotatable bonds is 4. The van der Waals surface area contributed by atoms with E-state index in [0.717, 1.165) is 12.8 Å². The van der Waals surface area contributed by atoms with E-state index in [4.69, 9.17) is 4.42 Å². The lowest BCUT2D eigenvalue weighted by Gasteiger charge is -2.20. The van der Waals surface area contributed by atoms with Crippen LogP contribution in [0.1, 0.15) is 25.5 Å². The van der Waals surface area contributed by atoms with Crippen molar-refractivity contribution in [1.29, 1.82) is 0 Å². The molecule has 1 aromatic rings. The van der Waals surface area contributed by atoms with Crippen LogP contribution in [0.3, 0.4) is 0 Å². The Kier molecular flexibility index (Phi) is 3.38. The molecular weight excluding hydrogens is 236 g/mol. The lowest BCUT2D eigenvalue weighted by molar-refractivity contribution is -0.140. The number of nitrogens with one attached hydrogen (secondary N) is 2. The van der Waals surface area contributed by atoms with Crippen molar-refractivity contribution in [3.05, 3.63) is 24.2 Å². The molecule has 2 amide bonds. The molecule has 0 spiro atoms. The van der Waals surface area contributed by atoms with Gasteiger partial charge in [-0.1, -0.05) is 0 Å². The largest absolute Gasteiger partial charge is 0.466 e. The van der Waals surface area contributed by atoms with Crippen molar-refractivity contribution >= 4 is 11.8 Å². The smallest absolute Gasteiger partial charge is 0.309 e. The fourth-order valence-electron chi connectivity index (χ4n) is 1.48. The van der Waals surface area contributed by atoms with Crippen molar-refractivity contribution in [2.75, 3.05) is 6.54 Å². The van der Waals surface area contributed by atoms with Gasteiger partial charge >= 0.3 is 11.8 Å². The van der Waals surface area contributed by atoms with E-state index < -0.39 is 17.4 Å². The SMILES string of the molecule is CC(O)(CNC(=O)C(=O)NC1CC1)c1ccco1. The molecule has 1 aromatic heterocycles. The van der Waals surface area contributed by atoms with Crippen LogP contribution in [-0.4, -0.2) is 29.5 Å². The van der Waals surface area contributed by atoms with E-state index in [1.807, 2.05) is 0 Å². The van der Waals surface area contributed by atoms with E-state index >= 15 is 0 Å². The molecule has 0 aromatic carbocycles. The summed E-state index contributed by atoms with van der Waals surface area (Å²) in [5.41, 5.74) is -1.33. The predicted octanol–water partition coefficient (Wildman–Crippen LogP) is -0.118. The summed E-state index contributed by atoms with van der Waals surface area (Å²) in [6, 6.07) is 3.39. The van der Waals surface area contributed by atoms with Gasteiger partial charge in [0.05, 0.1) is 12.8 Å². The van der Waals surface area contributed by atoms with Crippen LogP contribution < -0.4 is 10.6 Å². The van der Waals surface area contributed by atoms with Crippen LogP contribution in [0.2, 0.25) is 0 Å². The van der Waals surface area contributed by atoms with Crippen LogP contribution in [0, 0.1) is 0 Å². The summed E-state index contributed by atoms with van der Waals surface area (Å²) >= 11 is 0. The van der Waals surface area contributed by atoms with E-state index in [0.29, 0.717) is 5.76 Å². The zero-order chi connectivity index (χ0) is 13.2. The van der Waals surface area contributed by atoms with Crippen LogP contribution >= 0.6 is 0 Å². The number of hydrogen-bond donors (Lipinski definition) is 3. The van der Waals surface area contributed by atoms with Crippen LogP contribution in [0.25, 0.3) is 0 Å². The summed E-state index contributed by atoms with van der Waals surface area (Å²) in [6.45, 7) is 1.42. The number of aliphatic hydroxyl groups is 1. The molecule has 6 nitrogen and oxygen atoms in total. The molecule has 1 saturated carbocycles. The van der Waals surface area contributed by atoms with Gasteiger partial charge in [-0.3, -0.25) is 9.59 Å². The van der Waals surface area contributed by atoms with Gasteiger partial charge < -0.3 is 20.2 Å². The van der Waals surface area contributed by atoms with Crippen LogP contribution in [-0.2, 0) is 15.2 Å². The van der Waals surface area contributed by atoms with Crippen molar-refractivity contribution in [3.63, 3.8) is 0 Å². The molecule has 3 N–H and O–H groups in total. The summed E-state index contributed by atoms with van der Waals surface area (Å²) in [6.07, 6.45) is 3.28. The molecule has 1 heterocycles. The van der Waals surface area contributed by atoms with Crippen LogP contribution in [0.5, 0.6) is 0 Å². The highest BCUT2D eigenvalue weighted by Gasteiger charge is 2.30. The van der Waals surface area contributed by atoms with Crippen molar-refractivity contribution in [2.24, 2.45) is 0 Å². The summed E-state index contributed by atoms with van der Waals surface area (Å²) in [7, 11) is 0. The Labute approximate surface area is 104 Å². The summed E-state index contributed by atoms with van der Waals surface area (Å²) in [5.74, 6) is -1.06. The van der Waals surface area contributed by atoms with Crippen LogP contribution in [0.15, 0.2) is 22.8 Å². The third kappa shape index (κ3) is 3.10. The molecule has 2 rings (SSSR count). The zero-order valence-electron chi connectivity index (χ0n) is 10.1. The first-order chi connectivity index (χ1) is 8.49. The van der Waals surface area contributed by atoms with Gasteiger partial charge in [-0.25, -0.2) is 0 Å². The topological polar surface area (TPSA) is 91.6 Å². The standard InChI is InChI=1S/C12H16N2O4/c1-12(17,9-3-2-6-18-9)7-13-10(15)11(16)14-8-4-5-8/h2-3,6,8,17H,4-5,7H2,1H3,(H,13,15)(H,14,16). The quantitative estimate of drug-likeness (QED) is 0.652. The highest BCUT2D eigenvalue weighted by molar-refractivity contribution is 6.35. The van der Waals surface area contributed by atoms with Crippen molar-refractivity contribution < 1.29 is 19.1 Å². The second kappa shape index (κ2) is 4.81.